The summed E-state index contributed by atoms with van der Waals surface area (Å²) in [5.74, 6) is 0. The summed E-state index contributed by atoms with van der Waals surface area (Å²) >= 11 is 0. The molecule has 1 rings (SSSR count). The minimum atomic E-state index is -3.15. The second kappa shape index (κ2) is 11.1. The van der Waals surface area contributed by atoms with Gasteiger partial charge in [0.2, 0.25) is 0 Å². The Kier molecular flexibility index (Phi) is 10.7. The van der Waals surface area contributed by atoms with Crippen molar-refractivity contribution in [2.24, 2.45) is 0 Å². The third-order valence-corrected chi connectivity index (χ3v) is 3.15. The van der Waals surface area contributed by atoms with Crippen molar-refractivity contribution in [3.63, 3.8) is 0 Å². The van der Waals surface area contributed by atoms with Gasteiger partial charge in [-0.2, -0.15) is 0 Å². The van der Waals surface area contributed by atoms with Crippen molar-refractivity contribution in [1.29, 1.82) is 0 Å². The monoisotopic (exact) mass is 292 g/mol. The molecule has 19 heavy (non-hydrogen) atoms. The minimum Gasteiger partial charge on any atom is -0.789 e. The summed E-state index contributed by atoms with van der Waals surface area (Å²) in [6, 6.07) is 0. The molecule has 0 aliphatic rings. The van der Waals surface area contributed by atoms with Crippen molar-refractivity contribution in [2.75, 3.05) is 20.8 Å². The topological polar surface area (TPSA) is 81.5 Å². The molecule has 0 bridgehead atoms. The van der Waals surface area contributed by atoms with Gasteiger partial charge in [0.15, 0.2) is 0 Å². The first-order chi connectivity index (χ1) is 9.05. The highest BCUT2D eigenvalue weighted by molar-refractivity contribution is 7.57. The van der Waals surface area contributed by atoms with Gasteiger partial charge in [0, 0.05) is 34.6 Å². The molecule has 112 valence electrons. The Morgan fingerprint density at radius 2 is 2.11 bits per heavy atom. The van der Waals surface area contributed by atoms with Gasteiger partial charge in [0.05, 0.1) is 6.20 Å². The van der Waals surface area contributed by atoms with Crippen LogP contribution in [-0.2, 0) is 20.5 Å². The molecule has 1 unspecified atom stereocenters. The van der Waals surface area contributed by atoms with Crippen LogP contribution in [0.15, 0.2) is 12.4 Å². The number of rotatable bonds is 8. The highest BCUT2D eigenvalue weighted by atomic mass is 31.2. The molecule has 0 spiro atoms. The zero-order valence-corrected chi connectivity index (χ0v) is 12.7. The molecular weight excluding hydrogens is 269 g/mol. The number of ether oxygens (including phenoxy) is 1. The summed E-state index contributed by atoms with van der Waals surface area (Å²) in [6.07, 6.45) is 10.1. The van der Waals surface area contributed by atoms with Crippen LogP contribution in [0.25, 0.3) is 0 Å². The lowest BCUT2D eigenvalue weighted by Crippen LogP contribution is -2.10. The fraction of sp³-hybridized carbons (Fsp3) is 0.727. The van der Waals surface area contributed by atoms with Gasteiger partial charge in [-0.05, 0) is 6.42 Å². The third kappa shape index (κ3) is 10.9. The van der Waals surface area contributed by atoms with Gasteiger partial charge in [-0.15, -0.1) is 5.10 Å². The molecule has 0 fully saturated rings. The molecule has 1 aromatic heterocycles. The molecule has 0 amide bonds. The highest BCUT2D eigenvalue weighted by Crippen LogP contribution is 2.36. The average molecular weight is 292 g/mol. The maximum absolute atomic E-state index is 11.1. The van der Waals surface area contributed by atoms with Gasteiger partial charge in [0.1, 0.15) is 6.73 Å². The minimum absolute atomic E-state index is 0.0224. The number of hydrogen-bond acceptors (Lipinski definition) is 6. The number of nitrogens with zero attached hydrogens (tertiary/aromatic N) is 3. The van der Waals surface area contributed by atoms with Crippen LogP contribution >= 0.6 is 7.57 Å². The molecule has 1 aromatic rings. The Morgan fingerprint density at radius 3 is 2.58 bits per heavy atom. The van der Waals surface area contributed by atoms with E-state index in [9.17, 15) is 4.89 Å². The summed E-state index contributed by atoms with van der Waals surface area (Å²) in [5.41, 5.74) is 0. The Hall–Kier alpha value is -0.720. The molecule has 0 aromatic carbocycles. The van der Waals surface area contributed by atoms with Gasteiger partial charge in [-0.25, -0.2) is 4.68 Å². The molecule has 0 N–H and O–H groups in total. The van der Waals surface area contributed by atoms with Crippen molar-refractivity contribution in [3.05, 3.63) is 12.4 Å². The SMILES string of the molecule is C=P([O-])(OC)OCn1ccnn1.CCCCCOC. The Bertz CT molecular complexity index is 342. The number of unbranched alkanes of at least 4 members (excludes halogenated alkanes) is 2. The standard InChI is InChI=1S/C6H14O.C5H9N3O3P/c1-3-4-5-6-7-2;1-10-12(2,9)11-5-8-4-3-6-7-8/h3-6H2,1-2H3;3-4H,2,5H2,1H3/q;-1. The Labute approximate surface area is 114 Å². The molecule has 1 atom stereocenters. The summed E-state index contributed by atoms with van der Waals surface area (Å²) in [7, 11) is -0.134. The fourth-order valence-electron chi connectivity index (χ4n) is 0.998. The smallest absolute Gasteiger partial charge is 0.146 e. The van der Waals surface area contributed by atoms with E-state index in [0.29, 0.717) is 0 Å². The van der Waals surface area contributed by atoms with Crippen molar-refractivity contribution >= 4 is 13.9 Å². The molecule has 8 heteroatoms. The van der Waals surface area contributed by atoms with Crippen LogP contribution in [0.5, 0.6) is 0 Å². The van der Waals surface area contributed by atoms with Crippen LogP contribution in [-0.4, -0.2) is 42.1 Å². The van der Waals surface area contributed by atoms with Crippen molar-refractivity contribution in [2.45, 2.75) is 32.9 Å². The van der Waals surface area contributed by atoms with Crippen LogP contribution in [0.1, 0.15) is 26.2 Å². The van der Waals surface area contributed by atoms with Crippen LogP contribution < -0.4 is 4.89 Å². The lowest BCUT2D eigenvalue weighted by atomic mass is 10.3. The lowest BCUT2D eigenvalue weighted by Gasteiger charge is -2.27. The average Bonchev–Trinajstić information content (AvgIpc) is 2.91. The van der Waals surface area contributed by atoms with Crippen LogP contribution in [0.2, 0.25) is 0 Å². The molecule has 7 nitrogen and oxygen atoms in total. The quantitative estimate of drug-likeness (QED) is 0.530. The van der Waals surface area contributed by atoms with Gasteiger partial charge in [0.25, 0.3) is 0 Å². The normalized spacial score (nSPS) is 13.5. The van der Waals surface area contributed by atoms with E-state index in [1.165, 1.54) is 37.3 Å². The van der Waals surface area contributed by atoms with E-state index in [1.807, 2.05) is 0 Å². The zero-order valence-electron chi connectivity index (χ0n) is 11.8. The number of aromatic nitrogens is 3. The number of hydrogen-bond donors (Lipinski definition) is 0. The van der Waals surface area contributed by atoms with Gasteiger partial charge in [-0.3, -0.25) is 0 Å². The maximum atomic E-state index is 11.1. The Balaban J connectivity index is 0.000000399. The lowest BCUT2D eigenvalue weighted by molar-refractivity contribution is -0.208. The molecule has 0 aliphatic heterocycles. The third-order valence-electron chi connectivity index (χ3n) is 2.09. The Morgan fingerprint density at radius 1 is 1.37 bits per heavy atom. The fourth-order valence-corrected chi connectivity index (χ4v) is 1.40. The van der Waals surface area contributed by atoms with E-state index >= 15 is 0 Å². The summed E-state index contributed by atoms with van der Waals surface area (Å²) in [5, 5.41) is 7.12. The predicted octanol–water partition coefficient (Wildman–Crippen LogP) is 1.28. The van der Waals surface area contributed by atoms with Crippen LogP contribution in [0.3, 0.4) is 0 Å². The number of methoxy groups -OCH3 is 1. The molecule has 1 heterocycles. The van der Waals surface area contributed by atoms with E-state index in [-0.39, 0.29) is 6.73 Å². The molecule has 0 radical (unpaired) electrons. The largest absolute Gasteiger partial charge is 0.789 e. The van der Waals surface area contributed by atoms with Gasteiger partial charge >= 0.3 is 0 Å². The first kappa shape index (κ1) is 18.3. The van der Waals surface area contributed by atoms with E-state index in [1.54, 1.807) is 13.3 Å². The van der Waals surface area contributed by atoms with E-state index in [4.69, 9.17) is 9.26 Å². The second-order valence-corrected chi connectivity index (χ2v) is 5.54. The first-order valence-electron chi connectivity index (χ1n) is 6.03. The van der Waals surface area contributed by atoms with Crippen molar-refractivity contribution in [3.8, 4) is 0 Å². The predicted molar refractivity (Wildman–Crippen MR) is 73.6 cm³/mol. The summed E-state index contributed by atoms with van der Waals surface area (Å²) in [6.45, 7) is 3.14. The first-order valence-corrected chi connectivity index (χ1v) is 7.76. The van der Waals surface area contributed by atoms with E-state index in [2.05, 4.69) is 28.1 Å². The molecule has 0 saturated carbocycles. The summed E-state index contributed by atoms with van der Waals surface area (Å²) < 4.78 is 15.5. The van der Waals surface area contributed by atoms with Crippen molar-refractivity contribution in [1.82, 2.24) is 15.0 Å². The van der Waals surface area contributed by atoms with Crippen LogP contribution in [0, 0.1) is 0 Å². The van der Waals surface area contributed by atoms with Gasteiger partial charge < -0.3 is 18.7 Å². The van der Waals surface area contributed by atoms with E-state index in [0.717, 1.165) is 6.61 Å². The molecule has 0 aliphatic carbocycles. The maximum Gasteiger partial charge on any atom is 0.146 e. The molecular formula is C11H23N3O4P-. The molecule has 0 saturated heterocycles. The highest BCUT2D eigenvalue weighted by Gasteiger charge is 1.98. The van der Waals surface area contributed by atoms with Crippen LogP contribution in [0.4, 0.5) is 0 Å². The zero-order chi connectivity index (χ0) is 14.6. The van der Waals surface area contributed by atoms with Gasteiger partial charge in [-0.1, -0.05) is 31.3 Å². The van der Waals surface area contributed by atoms with E-state index < -0.39 is 7.57 Å². The summed E-state index contributed by atoms with van der Waals surface area (Å²) in [4.78, 5) is 11.1. The van der Waals surface area contributed by atoms with Crippen molar-refractivity contribution < 1.29 is 18.7 Å². The second-order valence-electron chi connectivity index (χ2n) is 3.69.